The van der Waals surface area contributed by atoms with Crippen LogP contribution in [0.2, 0.25) is 0 Å². The third-order valence-electron chi connectivity index (χ3n) is 7.83. The first-order chi connectivity index (χ1) is 20.6. The predicted octanol–water partition coefficient (Wildman–Crippen LogP) is 4.78. The number of hydrogen-bond donors (Lipinski definition) is 1. The Balaban J connectivity index is 1.37. The average molecular weight is 570 g/mol. The number of benzene rings is 3. The third kappa shape index (κ3) is 6.02. The Morgan fingerprint density at radius 1 is 1.02 bits per heavy atom. The monoisotopic (exact) mass is 569 g/mol. The molecular weight excluding hydrogens is 534 g/mol. The van der Waals surface area contributed by atoms with Gasteiger partial charge in [-0.05, 0) is 67.3 Å². The number of nitrogens with zero attached hydrogens (tertiary/aromatic N) is 4. The molecule has 1 aliphatic heterocycles. The molecule has 3 aromatic carbocycles. The van der Waals surface area contributed by atoms with Gasteiger partial charge in [-0.1, -0.05) is 54.8 Å². The van der Waals surface area contributed by atoms with Crippen molar-refractivity contribution >= 4 is 22.8 Å². The van der Waals surface area contributed by atoms with E-state index in [2.05, 4.69) is 15.6 Å². The zero-order chi connectivity index (χ0) is 28.9. The normalized spacial score (nSPS) is 15.4. The van der Waals surface area contributed by atoms with Crippen molar-refractivity contribution in [3.63, 3.8) is 0 Å². The number of nitrogens with one attached hydrogen (secondary N) is 1. The van der Waals surface area contributed by atoms with Gasteiger partial charge in [0.1, 0.15) is 23.9 Å². The van der Waals surface area contributed by atoms with Crippen LogP contribution in [0.4, 0.5) is 0 Å². The van der Waals surface area contributed by atoms with E-state index in [4.69, 9.17) is 14.2 Å². The largest absolute Gasteiger partial charge is 0.494 e. The molecule has 0 saturated heterocycles. The minimum Gasteiger partial charge on any atom is -0.494 e. The molecule has 2 amide bonds. The van der Waals surface area contributed by atoms with Crippen molar-refractivity contribution in [2.24, 2.45) is 0 Å². The number of hydrogen-bond acceptors (Lipinski definition) is 7. The molecule has 1 aliphatic carbocycles. The molecule has 10 heteroatoms. The summed E-state index contributed by atoms with van der Waals surface area (Å²) in [6.45, 7) is 2.71. The van der Waals surface area contributed by atoms with Crippen molar-refractivity contribution in [2.45, 2.75) is 64.2 Å². The van der Waals surface area contributed by atoms with Gasteiger partial charge in [-0.25, -0.2) is 4.68 Å². The first-order valence-electron chi connectivity index (χ1n) is 14.6. The Labute approximate surface area is 244 Å². The smallest absolute Gasteiger partial charge is 0.247 e. The van der Waals surface area contributed by atoms with Gasteiger partial charge in [0.25, 0.3) is 0 Å². The molecule has 2 aliphatic rings. The lowest BCUT2D eigenvalue weighted by molar-refractivity contribution is -0.142. The number of ether oxygens (including phenoxy) is 3. The number of carbonyl (C=O) groups excluding carboxylic acids is 2. The Morgan fingerprint density at radius 2 is 1.81 bits per heavy atom. The van der Waals surface area contributed by atoms with E-state index < -0.39 is 6.04 Å². The highest BCUT2D eigenvalue weighted by Crippen LogP contribution is 2.34. The second kappa shape index (κ2) is 12.5. The Hall–Kier alpha value is -4.60. The molecule has 218 valence electrons. The molecule has 4 aromatic rings. The predicted molar refractivity (Wildman–Crippen MR) is 156 cm³/mol. The first-order valence-corrected chi connectivity index (χ1v) is 14.6. The van der Waals surface area contributed by atoms with E-state index in [1.165, 1.54) is 6.42 Å². The minimum absolute atomic E-state index is 0.0741. The molecule has 10 nitrogen and oxygen atoms in total. The number of amides is 2. The van der Waals surface area contributed by atoms with Crippen LogP contribution in [0.1, 0.15) is 56.2 Å². The van der Waals surface area contributed by atoms with Gasteiger partial charge in [0.05, 0.1) is 12.1 Å². The summed E-state index contributed by atoms with van der Waals surface area (Å²) in [5.41, 5.74) is 2.96. The van der Waals surface area contributed by atoms with Crippen LogP contribution in [0.15, 0.2) is 66.7 Å². The molecule has 1 aromatic heterocycles. The minimum atomic E-state index is -0.879. The fourth-order valence-electron chi connectivity index (χ4n) is 5.73. The van der Waals surface area contributed by atoms with Gasteiger partial charge in [0.2, 0.25) is 18.6 Å². The van der Waals surface area contributed by atoms with Gasteiger partial charge in [-0.3, -0.25) is 9.59 Å². The molecular formula is C32H35N5O5. The Kier molecular flexibility index (Phi) is 8.21. The van der Waals surface area contributed by atoms with E-state index in [0.717, 1.165) is 36.8 Å². The number of para-hydroxylation sites is 1. The van der Waals surface area contributed by atoms with Crippen molar-refractivity contribution in [1.82, 2.24) is 25.2 Å². The molecule has 6 rings (SSSR count). The number of aromatic nitrogens is 3. The maximum Gasteiger partial charge on any atom is 0.247 e. The van der Waals surface area contributed by atoms with Gasteiger partial charge in [-0.15, -0.1) is 5.10 Å². The summed E-state index contributed by atoms with van der Waals surface area (Å²) in [7, 11) is 0. The summed E-state index contributed by atoms with van der Waals surface area (Å²) in [5, 5.41) is 11.7. The molecule has 0 bridgehead atoms. The second-order valence-electron chi connectivity index (χ2n) is 10.7. The average Bonchev–Trinajstić information content (AvgIpc) is 3.65. The van der Waals surface area contributed by atoms with Crippen molar-refractivity contribution in [3.05, 3.63) is 77.9 Å². The summed E-state index contributed by atoms with van der Waals surface area (Å²) < 4.78 is 18.3. The molecule has 2 heterocycles. The Morgan fingerprint density at radius 3 is 2.62 bits per heavy atom. The van der Waals surface area contributed by atoms with Crippen LogP contribution in [-0.2, 0) is 22.7 Å². The van der Waals surface area contributed by atoms with Crippen molar-refractivity contribution < 1.29 is 23.8 Å². The van der Waals surface area contributed by atoms with Crippen molar-refractivity contribution in [3.8, 4) is 17.2 Å². The van der Waals surface area contributed by atoms with Gasteiger partial charge in [0, 0.05) is 12.6 Å². The first kappa shape index (κ1) is 27.6. The van der Waals surface area contributed by atoms with Crippen LogP contribution in [-0.4, -0.2) is 51.1 Å². The second-order valence-corrected chi connectivity index (χ2v) is 10.7. The lowest BCUT2D eigenvalue weighted by atomic mass is 9.94. The summed E-state index contributed by atoms with van der Waals surface area (Å²) in [4.78, 5) is 30.0. The number of rotatable bonds is 10. The van der Waals surface area contributed by atoms with Gasteiger partial charge < -0.3 is 24.4 Å². The van der Waals surface area contributed by atoms with Crippen LogP contribution in [0.25, 0.3) is 11.0 Å². The highest BCUT2D eigenvalue weighted by Gasteiger charge is 2.34. The van der Waals surface area contributed by atoms with E-state index in [9.17, 15) is 9.59 Å². The maximum absolute atomic E-state index is 14.2. The molecule has 0 radical (unpaired) electrons. The number of fused-ring (bicyclic) bond motifs is 2. The molecule has 0 unspecified atom stereocenters. The lowest BCUT2D eigenvalue weighted by Gasteiger charge is -2.33. The quantitative estimate of drug-likeness (QED) is 0.293. The maximum atomic E-state index is 14.2. The molecule has 1 fully saturated rings. The summed E-state index contributed by atoms with van der Waals surface area (Å²) in [6, 6.07) is 19.7. The zero-order valence-corrected chi connectivity index (χ0v) is 23.7. The molecule has 42 heavy (non-hydrogen) atoms. The highest BCUT2D eigenvalue weighted by molar-refractivity contribution is 5.89. The van der Waals surface area contributed by atoms with Crippen molar-refractivity contribution in [2.75, 3.05) is 13.4 Å². The highest BCUT2D eigenvalue weighted by atomic mass is 16.7. The van der Waals surface area contributed by atoms with E-state index >= 15 is 0 Å². The molecule has 0 spiro atoms. The fraction of sp³-hybridized carbons (Fsp3) is 0.375. The molecule has 1 saturated carbocycles. The van der Waals surface area contributed by atoms with E-state index in [-0.39, 0.29) is 37.7 Å². The summed E-state index contributed by atoms with van der Waals surface area (Å²) in [6.07, 6.45) is 5.20. The molecule has 1 atom stereocenters. The number of carbonyl (C=O) groups is 2. The van der Waals surface area contributed by atoms with E-state index in [1.807, 2.05) is 73.7 Å². The van der Waals surface area contributed by atoms with Gasteiger partial charge >= 0.3 is 0 Å². The summed E-state index contributed by atoms with van der Waals surface area (Å²) >= 11 is 0. The van der Waals surface area contributed by atoms with Crippen molar-refractivity contribution in [1.29, 1.82) is 0 Å². The Bertz CT molecular complexity index is 1550. The van der Waals surface area contributed by atoms with Crippen LogP contribution in [0, 0.1) is 0 Å². The zero-order valence-electron chi connectivity index (χ0n) is 23.7. The fourth-order valence-corrected chi connectivity index (χ4v) is 5.73. The standard InChI is InChI=1S/C32H35N5O5/c1-2-40-25-15-13-23(14-16-25)31(32(39)33-24-8-4-3-5-9-24)36(19-22-12-17-28-29(18-22)42-21-41-28)30(38)20-37-27-11-7-6-10-26(27)34-35-37/h6-7,10-18,24,31H,2-5,8-9,19-21H2,1H3,(H,33,39)/t31-/m1/s1. The summed E-state index contributed by atoms with van der Waals surface area (Å²) in [5.74, 6) is 1.51. The van der Waals surface area contributed by atoms with Gasteiger partial charge in [0.15, 0.2) is 11.5 Å². The van der Waals surface area contributed by atoms with Gasteiger partial charge in [-0.2, -0.15) is 0 Å². The SMILES string of the molecule is CCOc1ccc([C@H](C(=O)NC2CCCCC2)N(Cc2ccc3c(c2)OCO3)C(=O)Cn2nnc3ccccc32)cc1. The van der Waals surface area contributed by atoms with E-state index in [0.29, 0.717) is 34.9 Å². The lowest BCUT2D eigenvalue weighted by Crippen LogP contribution is -2.47. The molecule has 1 N–H and O–H groups in total. The van der Waals surface area contributed by atoms with E-state index in [1.54, 1.807) is 9.58 Å². The van der Waals surface area contributed by atoms with Crippen LogP contribution in [0.3, 0.4) is 0 Å². The van der Waals surface area contributed by atoms with Crippen LogP contribution < -0.4 is 19.5 Å². The van der Waals surface area contributed by atoms with Crippen LogP contribution >= 0.6 is 0 Å². The third-order valence-corrected chi connectivity index (χ3v) is 7.83. The topological polar surface area (TPSA) is 108 Å². The van der Waals surface area contributed by atoms with Crippen LogP contribution in [0.5, 0.6) is 17.2 Å².